The highest BCUT2D eigenvalue weighted by molar-refractivity contribution is 5.85. The van der Waals surface area contributed by atoms with Gasteiger partial charge in [0.1, 0.15) is 6.61 Å². The number of benzene rings is 2. The molecule has 0 saturated heterocycles. The van der Waals surface area contributed by atoms with E-state index >= 15 is 0 Å². The molecule has 0 fully saturated rings. The van der Waals surface area contributed by atoms with Gasteiger partial charge in [-0.15, -0.1) is 12.4 Å². The minimum Gasteiger partial charge on any atom is -0.399 e. The van der Waals surface area contributed by atoms with Gasteiger partial charge < -0.3 is 15.8 Å². The lowest BCUT2D eigenvalue weighted by molar-refractivity contribution is -0.127. The predicted octanol–water partition coefficient (Wildman–Crippen LogP) is 3.40. The van der Waals surface area contributed by atoms with Crippen LogP contribution in [-0.2, 0) is 22.6 Å². The molecule has 0 radical (unpaired) electrons. The number of nitrogens with two attached hydrogens (primary N) is 1. The van der Waals surface area contributed by atoms with Crippen LogP contribution in [0, 0.1) is 0 Å². The maximum absolute atomic E-state index is 12.1. The first-order valence-corrected chi connectivity index (χ1v) is 8.02. The van der Waals surface area contributed by atoms with E-state index in [2.05, 4.69) is 5.32 Å². The minimum absolute atomic E-state index is 0. The van der Waals surface area contributed by atoms with Gasteiger partial charge in [0, 0.05) is 5.69 Å². The van der Waals surface area contributed by atoms with Gasteiger partial charge in [-0.2, -0.15) is 0 Å². The van der Waals surface area contributed by atoms with Crippen molar-refractivity contribution < 1.29 is 9.53 Å². The van der Waals surface area contributed by atoms with Gasteiger partial charge in [0.2, 0.25) is 5.91 Å². The maximum Gasteiger partial charge on any atom is 0.246 e. The third-order valence-electron chi connectivity index (χ3n) is 4.16. The standard InChI is InChI=1S/C19H22N2O2.ClH/c20-16-9-10-17-15(11-16)7-4-8-18(17)21-19(22)13-23-12-14-5-2-1-3-6-14;/h1-3,5-6,9-11,18H,4,7-8,12-13,20H2,(H,21,22);1H. The van der Waals surface area contributed by atoms with Crippen LogP contribution in [-0.4, -0.2) is 12.5 Å². The van der Waals surface area contributed by atoms with Gasteiger partial charge in [-0.3, -0.25) is 4.79 Å². The lowest BCUT2D eigenvalue weighted by atomic mass is 9.87. The normalized spacial score (nSPS) is 15.9. The number of fused-ring (bicyclic) bond motifs is 1. The van der Waals surface area contributed by atoms with E-state index < -0.39 is 0 Å². The molecule has 0 heterocycles. The highest BCUT2D eigenvalue weighted by Crippen LogP contribution is 2.30. The average Bonchev–Trinajstić information content (AvgIpc) is 2.56. The van der Waals surface area contributed by atoms with Crippen molar-refractivity contribution in [1.29, 1.82) is 0 Å². The molecule has 1 aliphatic carbocycles. The highest BCUT2D eigenvalue weighted by Gasteiger charge is 2.21. The predicted molar refractivity (Wildman–Crippen MR) is 98.0 cm³/mol. The fourth-order valence-corrected chi connectivity index (χ4v) is 3.06. The van der Waals surface area contributed by atoms with E-state index in [-0.39, 0.29) is 31.0 Å². The van der Waals surface area contributed by atoms with E-state index in [9.17, 15) is 4.79 Å². The molecular weight excluding hydrogens is 324 g/mol. The maximum atomic E-state index is 12.1. The summed E-state index contributed by atoms with van der Waals surface area (Å²) in [7, 11) is 0. The largest absolute Gasteiger partial charge is 0.399 e. The Hall–Kier alpha value is -2.04. The number of aryl methyl sites for hydroxylation is 1. The third-order valence-corrected chi connectivity index (χ3v) is 4.16. The molecule has 5 heteroatoms. The molecule has 0 aromatic heterocycles. The Kier molecular flexibility index (Phi) is 6.64. The van der Waals surface area contributed by atoms with Crippen molar-refractivity contribution in [3.8, 4) is 0 Å². The van der Waals surface area contributed by atoms with E-state index in [1.165, 1.54) is 11.1 Å². The quantitative estimate of drug-likeness (QED) is 0.815. The minimum atomic E-state index is -0.0735. The molecule has 1 aliphatic rings. The molecule has 2 aromatic rings. The third kappa shape index (κ3) is 4.73. The summed E-state index contributed by atoms with van der Waals surface area (Å²) in [4.78, 5) is 12.1. The fourth-order valence-electron chi connectivity index (χ4n) is 3.06. The van der Waals surface area contributed by atoms with Gasteiger partial charge in [0.15, 0.2) is 0 Å². The van der Waals surface area contributed by atoms with Crippen LogP contribution >= 0.6 is 12.4 Å². The van der Waals surface area contributed by atoms with Gasteiger partial charge in [-0.05, 0) is 48.1 Å². The monoisotopic (exact) mass is 346 g/mol. The first-order chi connectivity index (χ1) is 11.2. The van der Waals surface area contributed by atoms with Crippen LogP contribution in [0.15, 0.2) is 48.5 Å². The summed E-state index contributed by atoms with van der Waals surface area (Å²) in [6.45, 7) is 0.530. The van der Waals surface area contributed by atoms with Gasteiger partial charge in [0.25, 0.3) is 0 Å². The number of nitrogen functional groups attached to an aromatic ring is 1. The Balaban J connectivity index is 0.00000208. The second-order valence-corrected chi connectivity index (χ2v) is 5.95. The molecule has 1 amide bonds. The SMILES string of the molecule is Cl.Nc1ccc2c(c1)CCCC2NC(=O)COCc1ccccc1. The van der Waals surface area contributed by atoms with Crippen molar-refractivity contribution in [2.75, 3.05) is 12.3 Å². The molecule has 128 valence electrons. The lowest BCUT2D eigenvalue weighted by Gasteiger charge is -2.26. The number of carbonyl (C=O) groups is 1. The van der Waals surface area contributed by atoms with Gasteiger partial charge in [-0.1, -0.05) is 36.4 Å². The van der Waals surface area contributed by atoms with Crippen LogP contribution in [0.25, 0.3) is 0 Å². The number of halogens is 1. The molecule has 0 bridgehead atoms. The Bertz CT molecular complexity index is 676. The Labute approximate surface area is 148 Å². The van der Waals surface area contributed by atoms with Crippen molar-refractivity contribution in [2.24, 2.45) is 0 Å². The number of nitrogens with one attached hydrogen (secondary N) is 1. The summed E-state index contributed by atoms with van der Waals surface area (Å²) in [6.07, 6.45) is 3.05. The van der Waals surface area contributed by atoms with Crippen molar-refractivity contribution in [1.82, 2.24) is 5.32 Å². The van der Waals surface area contributed by atoms with Crippen LogP contribution in [0.3, 0.4) is 0 Å². The molecule has 4 nitrogen and oxygen atoms in total. The number of rotatable bonds is 5. The fraction of sp³-hybridized carbons (Fsp3) is 0.316. The highest BCUT2D eigenvalue weighted by atomic mass is 35.5. The number of anilines is 1. The van der Waals surface area contributed by atoms with Gasteiger partial charge in [0.05, 0.1) is 12.6 Å². The van der Waals surface area contributed by atoms with Crippen LogP contribution in [0.4, 0.5) is 5.69 Å². The summed E-state index contributed by atoms with van der Waals surface area (Å²) >= 11 is 0. The summed E-state index contributed by atoms with van der Waals surface area (Å²) < 4.78 is 5.50. The molecule has 3 N–H and O–H groups in total. The van der Waals surface area contributed by atoms with Gasteiger partial charge in [-0.25, -0.2) is 0 Å². The summed E-state index contributed by atoms with van der Waals surface area (Å²) in [5, 5.41) is 3.08. The first kappa shape index (κ1) is 18.3. The second-order valence-electron chi connectivity index (χ2n) is 5.95. The van der Waals surface area contributed by atoms with Crippen LogP contribution in [0.1, 0.15) is 35.6 Å². The van der Waals surface area contributed by atoms with Crippen LogP contribution in [0.5, 0.6) is 0 Å². The average molecular weight is 347 g/mol. The van der Waals surface area contributed by atoms with Crippen LogP contribution in [0.2, 0.25) is 0 Å². The lowest BCUT2D eigenvalue weighted by Crippen LogP contribution is -2.33. The summed E-state index contributed by atoms with van der Waals surface area (Å²) in [6, 6.07) is 15.9. The molecule has 1 atom stereocenters. The molecule has 0 saturated carbocycles. The zero-order chi connectivity index (χ0) is 16.1. The zero-order valence-corrected chi connectivity index (χ0v) is 14.4. The Morgan fingerprint density at radius 3 is 2.79 bits per heavy atom. The van der Waals surface area contributed by atoms with Crippen molar-refractivity contribution in [3.05, 3.63) is 65.2 Å². The van der Waals surface area contributed by atoms with Crippen molar-refractivity contribution >= 4 is 24.0 Å². The van der Waals surface area contributed by atoms with Crippen molar-refractivity contribution in [2.45, 2.75) is 31.9 Å². The number of carbonyl (C=O) groups excluding carboxylic acids is 1. The van der Waals surface area contributed by atoms with Crippen LogP contribution < -0.4 is 11.1 Å². The smallest absolute Gasteiger partial charge is 0.246 e. The number of amides is 1. The summed E-state index contributed by atoms with van der Waals surface area (Å²) in [5.74, 6) is -0.0735. The van der Waals surface area contributed by atoms with E-state index in [0.29, 0.717) is 6.61 Å². The summed E-state index contributed by atoms with van der Waals surface area (Å²) in [5.41, 5.74) is 10.1. The zero-order valence-electron chi connectivity index (χ0n) is 13.5. The van der Waals surface area contributed by atoms with E-state index in [4.69, 9.17) is 10.5 Å². The molecular formula is C19H23ClN2O2. The topological polar surface area (TPSA) is 64.3 Å². The molecule has 3 rings (SSSR count). The number of hydrogen-bond donors (Lipinski definition) is 2. The number of hydrogen-bond acceptors (Lipinski definition) is 3. The second kappa shape index (κ2) is 8.71. The van der Waals surface area contributed by atoms with Crippen molar-refractivity contribution in [3.63, 3.8) is 0 Å². The number of ether oxygens (including phenoxy) is 1. The molecule has 24 heavy (non-hydrogen) atoms. The van der Waals surface area contributed by atoms with Gasteiger partial charge >= 0.3 is 0 Å². The molecule has 2 aromatic carbocycles. The molecule has 0 aliphatic heterocycles. The van der Waals surface area contributed by atoms with E-state index in [1.54, 1.807) is 0 Å². The molecule has 0 spiro atoms. The first-order valence-electron chi connectivity index (χ1n) is 8.02. The van der Waals surface area contributed by atoms with E-state index in [0.717, 1.165) is 30.5 Å². The molecule has 1 unspecified atom stereocenters. The Morgan fingerprint density at radius 2 is 2.00 bits per heavy atom. The Morgan fingerprint density at radius 1 is 1.21 bits per heavy atom. The van der Waals surface area contributed by atoms with E-state index in [1.807, 2.05) is 48.5 Å².